The molecule has 0 aliphatic heterocycles. The van der Waals surface area contributed by atoms with Gasteiger partial charge in [-0.2, -0.15) is 0 Å². The van der Waals surface area contributed by atoms with E-state index in [2.05, 4.69) is 13.2 Å². The number of nitrogens with zero attached hydrogens (tertiary/aromatic N) is 1. The summed E-state index contributed by atoms with van der Waals surface area (Å²) < 4.78 is 10.1. The van der Waals surface area contributed by atoms with Crippen LogP contribution in [0.1, 0.15) is 0 Å². The first-order valence-corrected chi connectivity index (χ1v) is 4.54. The van der Waals surface area contributed by atoms with E-state index in [9.17, 15) is 9.36 Å². The highest BCUT2D eigenvalue weighted by Gasteiger charge is 2.08. The fraction of sp³-hybridized carbons (Fsp3) is 0.375. The number of carbonyl (C=O) groups is 1. The summed E-state index contributed by atoms with van der Waals surface area (Å²) in [5.41, 5.74) is 0. The van der Waals surface area contributed by atoms with Gasteiger partial charge in [0.1, 0.15) is 6.16 Å². The SMILES string of the molecule is C=CCN(CC=C)C(=O)CP=O. The molecular weight excluding hydrogens is 173 g/mol. The molecule has 0 aromatic rings. The molecule has 0 spiro atoms. The second-order valence-electron chi connectivity index (χ2n) is 2.16. The van der Waals surface area contributed by atoms with Gasteiger partial charge in [0.25, 0.3) is 0 Å². The van der Waals surface area contributed by atoms with Crippen molar-refractivity contribution < 1.29 is 9.36 Å². The number of rotatable bonds is 6. The Kier molecular flexibility index (Phi) is 6.21. The molecule has 12 heavy (non-hydrogen) atoms. The van der Waals surface area contributed by atoms with Crippen molar-refractivity contribution in [3.8, 4) is 0 Å². The van der Waals surface area contributed by atoms with Crippen molar-refractivity contribution in [3.63, 3.8) is 0 Å². The van der Waals surface area contributed by atoms with Crippen molar-refractivity contribution in [1.82, 2.24) is 4.90 Å². The van der Waals surface area contributed by atoms with Gasteiger partial charge < -0.3 is 4.90 Å². The van der Waals surface area contributed by atoms with Crippen molar-refractivity contribution in [2.75, 3.05) is 19.3 Å². The molecule has 0 saturated carbocycles. The normalized spacial score (nSPS) is 9.33. The van der Waals surface area contributed by atoms with Gasteiger partial charge in [-0.25, -0.2) is 0 Å². The van der Waals surface area contributed by atoms with Crippen LogP contribution in [0.3, 0.4) is 0 Å². The summed E-state index contributed by atoms with van der Waals surface area (Å²) in [6, 6.07) is 0. The standard InChI is InChI=1S/C8H12NO2P/c1-3-5-9(6-4-2)8(10)7-12-11/h3-4H,1-2,5-7H2. The summed E-state index contributed by atoms with van der Waals surface area (Å²) >= 11 is 0. The van der Waals surface area contributed by atoms with Crippen LogP contribution in [0.15, 0.2) is 25.3 Å². The first-order chi connectivity index (χ1) is 5.76. The molecule has 0 heterocycles. The average molecular weight is 185 g/mol. The number of amides is 1. The predicted octanol–water partition coefficient (Wildman–Crippen LogP) is 1.48. The van der Waals surface area contributed by atoms with Crippen molar-refractivity contribution in [2.45, 2.75) is 0 Å². The van der Waals surface area contributed by atoms with Crippen LogP contribution in [0.5, 0.6) is 0 Å². The molecule has 0 N–H and O–H groups in total. The molecule has 1 amide bonds. The average Bonchev–Trinajstić information content (AvgIpc) is 2.04. The van der Waals surface area contributed by atoms with E-state index in [1.54, 1.807) is 12.2 Å². The zero-order valence-electron chi connectivity index (χ0n) is 6.90. The molecule has 0 rings (SSSR count). The van der Waals surface area contributed by atoms with E-state index in [4.69, 9.17) is 0 Å². The summed E-state index contributed by atoms with van der Waals surface area (Å²) in [5.74, 6) is -0.147. The molecule has 4 heteroatoms. The third kappa shape index (κ3) is 4.04. The Morgan fingerprint density at radius 1 is 1.33 bits per heavy atom. The highest BCUT2D eigenvalue weighted by atomic mass is 31.1. The molecule has 0 aromatic carbocycles. The second-order valence-corrected chi connectivity index (χ2v) is 2.74. The third-order valence-corrected chi connectivity index (χ3v) is 1.65. The Morgan fingerprint density at radius 2 is 1.83 bits per heavy atom. The Labute approximate surface area is 74.0 Å². The summed E-state index contributed by atoms with van der Waals surface area (Å²) in [6.07, 6.45) is 3.29. The van der Waals surface area contributed by atoms with Crippen molar-refractivity contribution in [2.24, 2.45) is 0 Å². The lowest BCUT2D eigenvalue weighted by Crippen LogP contribution is -2.32. The Bertz CT molecular complexity index is 181. The van der Waals surface area contributed by atoms with Crippen LogP contribution in [0.2, 0.25) is 0 Å². The van der Waals surface area contributed by atoms with Gasteiger partial charge >= 0.3 is 0 Å². The zero-order valence-corrected chi connectivity index (χ0v) is 7.80. The van der Waals surface area contributed by atoms with E-state index in [-0.39, 0.29) is 20.5 Å². The topological polar surface area (TPSA) is 37.4 Å². The van der Waals surface area contributed by atoms with Crippen LogP contribution < -0.4 is 0 Å². The Hall–Kier alpha value is -0.950. The molecule has 0 aromatic heterocycles. The number of hydrogen-bond donors (Lipinski definition) is 0. The van der Waals surface area contributed by atoms with Crippen molar-refractivity contribution in [1.29, 1.82) is 0 Å². The molecule has 0 saturated heterocycles. The minimum atomic E-state index is -0.147. The van der Waals surface area contributed by atoms with Gasteiger partial charge in [-0.15, -0.1) is 13.2 Å². The fourth-order valence-corrected chi connectivity index (χ4v) is 1.06. The van der Waals surface area contributed by atoms with E-state index in [1.165, 1.54) is 4.90 Å². The molecule has 0 bridgehead atoms. The lowest BCUT2D eigenvalue weighted by Gasteiger charge is -2.17. The fourth-order valence-electron chi connectivity index (χ4n) is 0.745. The summed E-state index contributed by atoms with van der Waals surface area (Å²) in [6.45, 7) is 7.98. The van der Waals surface area contributed by atoms with Crippen LogP contribution in [-0.2, 0) is 9.36 Å². The maximum Gasteiger partial charge on any atom is 0.234 e. The van der Waals surface area contributed by atoms with E-state index >= 15 is 0 Å². The molecule has 0 aliphatic carbocycles. The van der Waals surface area contributed by atoms with Crippen LogP contribution in [0.25, 0.3) is 0 Å². The predicted molar refractivity (Wildman–Crippen MR) is 49.4 cm³/mol. The molecule has 0 unspecified atom stereocenters. The van der Waals surface area contributed by atoms with Gasteiger partial charge in [-0.1, -0.05) is 12.2 Å². The Balaban J connectivity index is 4.06. The van der Waals surface area contributed by atoms with Gasteiger partial charge in [-0.05, 0) is 0 Å². The van der Waals surface area contributed by atoms with Crippen LogP contribution in [0.4, 0.5) is 0 Å². The molecule has 3 nitrogen and oxygen atoms in total. The third-order valence-electron chi connectivity index (χ3n) is 1.25. The summed E-state index contributed by atoms with van der Waals surface area (Å²) in [5, 5.41) is 0. The van der Waals surface area contributed by atoms with E-state index < -0.39 is 0 Å². The lowest BCUT2D eigenvalue weighted by molar-refractivity contribution is -0.127. The van der Waals surface area contributed by atoms with E-state index in [0.717, 1.165) is 0 Å². The van der Waals surface area contributed by atoms with Crippen LogP contribution in [0, 0.1) is 0 Å². The van der Waals surface area contributed by atoms with Gasteiger partial charge in [0, 0.05) is 13.1 Å². The molecule has 0 fully saturated rings. The smallest absolute Gasteiger partial charge is 0.234 e. The first-order valence-electron chi connectivity index (χ1n) is 3.55. The van der Waals surface area contributed by atoms with Gasteiger partial charge in [0.2, 0.25) is 5.91 Å². The largest absolute Gasteiger partial charge is 0.335 e. The van der Waals surface area contributed by atoms with Crippen LogP contribution >= 0.6 is 8.46 Å². The monoisotopic (exact) mass is 185 g/mol. The Morgan fingerprint density at radius 3 is 2.17 bits per heavy atom. The highest BCUT2D eigenvalue weighted by molar-refractivity contribution is 7.25. The molecular formula is C8H12NO2P. The lowest BCUT2D eigenvalue weighted by atomic mass is 10.4. The quantitative estimate of drug-likeness (QED) is 0.464. The van der Waals surface area contributed by atoms with E-state index in [1.807, 2.05) is 0 Å². The zero-order chi connectivity index (χ0) is 9.40. The minimum absolute atomic E-state index is 0.0294. The van der Waals surface area contributed by atoms with Crippen molar-refractivity contribution >= 4 is 14.4 Å². The maximum atomic E-state index is 11.1. The summed E-state index contributed by atoms with van der Waals surface area (Å²) in [7, 11) is -0.145. The van der Waals surface area contributed by atoms with Gasteiger partial charge in [0.15, 0.2) is 8.46 Å². The maximum absolute atomic E-state index is 11.1. The minimum Gasteiger partial charge on any atom is -0.335 e. The van der Waals surface area contributed by atoms with Gasteiger partial charge in [0.05, 0.1) is 0 Å². The van der Waals surface area contributed by atoms with Gasteiger partial charge in [-0.3, -0.25) is 9.36 Å². The van der Waals surface area contributed by atoms with Crippen molar-refractivity contribution in [3.05, 3.63) is 25.3 Å². The van der Waals surface area contributed by atoms with E-state index in [0.29, 0.717) is 13.1 Å². The molecule has 0 atom stereocenters. The molecule has 0 aliphatic rings. The van der Waals surface area contributed by atoms with Crippen LogP contribution in [-0.4, -0.2) is 30.1 Å². The summed E-state index contributed by atoms with van der Waals surface area (Å²) in [4.78, 5) is 12.7. The number of hydrogen-bond acceptors (Lipinski definition) is 2. The molecule has 66 valence electrons. The first kappa shape index (κ1) is 11.1. The molecule has 0 radical (unpaired) electrons. The highest BCUT2D eigenvalue weighted by Crippen LogP contribution is 1.97. The second kappa shape index (κ2) is 6.74. The number of carbonyl (C=O) groups excluding carboxylic acids is 1.